The molecule has 162 valence electrons. The van der Waals surface area contributed by atoms with E-state index in [0.717, 1.165) is 16.4 Å². The summed E-state index contributed by atoms with van der Waals surface area (Å²) in [5, 5.41) is 5.84. The molecule has 0 aliphatic carbocycles. The average Bonchev–Trinajstić information content (AvgIpc) is 3.23. The first kappa shape index (κ1) is 22.1. The largest absolute Gasteiger partial charge is 0.496 e. The van der Waals surface area contributed by atoms with E-state index >= 15 is 0 Å². The number of nitrogens with zero attached hydrogens (tertiary/aromatic N) is 3. The number of likely N-dealkylation sites (tertiary alicyclic amines) is 1. The summed E-state index contributed by atoms with van der Waals surface area (Å²) in [6.45, 7) is 5.08. The molecule has 1 N–H and O–H groups in total. The molecule has 0 bridgehead atoms. The number of rotatable bonds is 6. The van der Waals surface area contributed by atoms with Gasteiger partial charge in [-0.05, 0) is 44.9 Å². The SMILES string of the molecule is COc1ccc(C(=O)N2CCC(C(=O)NC(C)C)CC2)cc1-c1csc(N(C)C)n1. The molecular weight excluding hydrogens is 400 g/mol. The predicted molar refractivity (Wildman–Crippen MR) is 120 cm³/mol. The number of hydrogen-bond donors (Lipinski definition) is 1. The van der Waals surface area contributed by atoms with Crippen molar-refractivity contribution in [3.63, 3.8) is 0 Å². The molecule has 2 amide bonds. The number of amides is 2. The van der Waals surface area contributed by atoms with Crippen LogP contribution in [0.3, 0.4) is 0 Å². The van der Waals surface area contributed by atoms with Crippen LogP contribution in [0.5, 0.6) is 5.75 Å². The maximum absolute atomic E-state index is 13.1. The van der Waals surface area contributed by atoms with Gasteiger partial charge in [-0.15, -0.1) is 11.3 Å². The van der Waals surface area contributed by atoms with Gasteiger partial charge in [0.1, 0.15) is 5.75 Å². The third-order valence-corrected chi connectivity index (χ3v) is 6.19. The second kappa shape index (κ2) is 9.47. The van der Waals surface area contributed by atoms with E-state index in [2.05, 4.69) is 10.3 Å². The number of anilines is 1. The third kappa shape index (κ3) is 4.92. The van der Waals surface area contributed by atoms with Crippen molar-refractivity contribution in [2.75, 3.05) is 39.2 Å². The molecule has 3 rings (SSSR count). The van der Waals surface area contributed by atoms with Gasteiger partial charge in [0.05, 0.1) is 12.8 Å². The van der Waals surface area contributed by atoms with Crippen molar-refractivity contribution in [2.24, 2.45) is 5.92 Å². The Hall–Kier alpha value is -2.61. The van der Waals surface area contributed by atoms with Gasteiger partial charge in [0.25, 0.3) is 5.91 Å². The van der Waals surface area contributed by atoms with Gasteiger partial charge < -0.3 is 19.9 Å². The van der Waals surface area contributed by atoms with Crippen LogP contribution in [0.25, 0.3) is 11.3 Å². The predicted octanol–water partition coefficient (Wildman–Crippen LogP) is 3.26. The number of benzene rings is 1. The minimum absolute atomic E-state index is 0.0234. The van der Waals surface area contributed by atoms with Crippen LogP contribution in [0.4, 0.5) is 5.13 Å². The molecule has 2 aromatic rings. The van der Waals surface area contributed by atoms with Gasteiger partial charge in [-0.3, -0.25) is 9.59 Å². The van der Waals surface area contributed by atoms with E-state index in [-0.39, 0.29) is 23.8 Å². The summed E-state index contributed by atoms with van der Waals surface area (Å²) in [5.74, 6) is 0.724. The molecule has 0 unspecified atom stereocenters. The van der Waals surface area contributed by atoms with E-state index in [0.29, 0.717) is 37.2 Å². The maximum atomic E-state index is 13.1. The van der Waals surface area contributed by atoms with Crippen molar-refractivity contribution in [1.82, 2.24) is 15.2 Å². The Morgan fingerprint density at radius 1 is 1.27 bits per heavy atom. The molecule has 2 heterocycles. The average molecular weight is 431 g/mol. The number of hydrogen-bond acceptors (Lipinski definition) is 6. The van der Waals surface area contributed by atoms with Gasteiger partial charge >= 0.3 is 0 Å². The first-order chi connectivity index (χ1) is 14.3. The van der Waals surface area contributed by atoms with Crippen molar-refractivity contribution in [3.8, 4) is 17.0 Å². The number of nitrogens with one attached hydrogen (secondary N) is 1. The van der Waals surface area contributed by atoms with Gasteiger partial charge in [0, 0.05) is 55.7 Å². The number of aromatic nitrogens is 1. The zero-order chi connectivity index (χ0) is 21.8. The van der Waals surface area contributed by atoms with Crippen LogP contribution in [0.1, 0.15) is 37.0 Å². The number of piperidine rings is 1. The molecule has 1 fully saturated rings. The fourth-order valence-corrected chi connectivity index (χ4v) is 4.32. The summed E-state index contributed by atoms with van der Waals surface area (Å²) in [6.07, 6.45) is 1.37. The quantitative estimate of drug-likeness (QED) is 0.761. The normalized spacial score (nSPS) is 14.7. The molecule has 8 heteroatoms. The fraction of sp³-hybridized carbons (Fsp3) is 0.500. The van der Waals surface area contributed by atoms with Gasteiger partial charge in [-0.1, -0.05) is 0 Å². The summed E-state index contributed by atoms with van der Waals surface area (Å²) in [4.78, 5) is 33.8. The Kier molecular flexibility index (Phi) is 6.97. The van der Waals surface area contributed by atoms with Crippen LogP contribution in [-0.2, 0) is 4.79 Å². The lowest BCUT2D eigenvalue weighted by Crippen LogP contribution is -2.44. The number of carbonyl (C=O) groups excluding carboxylic acids is 2. The molecule has 0 radical (unpaired) electrons. The highest BCUT2D eigenvalue weighted by Crippen LogP contribution is 2.34. The van der Waals surface area contributed by atoms with E-state index < -0.39 is 0 Å². The monoisotopic (exact) mass is 430 g/mol. The van der Waals surface area contributed by atoms with E-state index in [1.54, 1.807) is 24.5 Å². The number of ether oxygens (including phenoxy) is 1. The fourth-order valence-electron chi connectivity index (χ4n) is 3.56. The molecule has 7 nitrogen and oxygen atoms in total. The van der Waals surface area contributed by atoms with Crippen LogP contribution in [0.2, 0.25) is 0 Å². The van der Waals surface area contributed by atoms with Crippen LogP contribution in [0, 0.1) is 5.92 Å². The van der Waals surface area contributed by atoms with Crippen LogP contribution < -0.4 is 15.0 Å². The molecule has 1 saturated heterocycles. The first-order valence-corrected chi connectivity index (χ1v) is 11.1. The molecule has 0 spiro atoms. The lowest BCUT2D eigenvalue weighted by Gasteiger charge is -2.32. The summed E-state index contributed by atoms with van der Waals surface area (Å²) in [5.41, 5.74) is 2.20. The number of carbonyl (C=O) groups is 2. The summed E-state index contributed by atoms with van der Waals surface area (Å²) in [6, 6.07) is 5.60. The second-order valence-corrected chi connectivity index (χ2v) is 8.89. The smallest absolute Gasteiger partial charge is 0.253 e. The highest BCUT2D eigenvalue weighted by molar-refractivity contribution is 7.14. The lowest BCUT2D eigenvalue weighted by atomic mass is 9.95. The second-order valence-electron chi connectivity index (χ2n) is 8.05. The number of thiazole rings is 1. The van der Waals surface area contributed by atoms with Gasteiger partial charge in [0.2, 0.25) is 5.91 Å². The molecule has 0 saturated carbocycles. The zero-order valence-electron chi connectivity index (χ0n) is 18.3. The van der Waals surface area contributed by atoms with Crippen molar-refractivity contribution in [2.45, 2.75) is 32.7 Å². The zero-order valence-corrected chi connectivity index (χ0v) is 19.1. The van der Waals surface area contributed by atoms with E-state index in [1.165, 1.54) is 0 Å². The molecule has 1 aliphatic heterocycles. The minimum Gasteiger partial charge on any atom is -0.496 e. The molecule has 0 atom stereocenters. The van der Waals surface area contributed by atoms with Crippen LogP contribution in [-0.4, -0.2) is 62.0 Å². The topological polar surface area (TPSA) is 74.8 Å². The van der Waals surface area contributed by atoms with E-state index in [1.807, 2.05) is 55.3 Å². The molecular formula is C22H30N4O3S. The Balaban J connectivity index is 1.74. The standard InChI is InChI=1S/C22H30N4O3S/c1-14(2)23-20(27)15-8-10-26(11-9-15)21(28)16-6-7-19(29-5)17(12-16)18-13-30-22(24-18)25(3)4/h6-7,12-15H,8-11H2,1-5H3,(H,23,27). The van der Waals surface area contributed by atoms with Crippen LogP contribution in [0.15, 0.2) is 23.6 Å². The highest BCUT2D eigenvalue weighted by atomic mass is 32.1. The van der Waals surface area contributed by atoms with Gasteiger partial charge in [-0.25, -0.2) is 4.98 Å². The van der Waals surface area contributed by atoms with Gasteiger partial charge in [-0.2, -0.15) is 0 Å². The minimum atomic E-state index is -0.0256. The summed E-state index contributed by atoms with van der Waals surface area (Å²) in [7, 11) is 5.52. The van der Waals surface area contributed by atoms with Crippen molar-refractivity contribution in [1.29, 1.82) is 0 Å². The Bertz CT molecular complexity index is 902. The molecule has 30 heavy (non-hydrogen) atoms. The van der Waals surface area contributed by atoms with E-state index in [9.17, 15) is 9.59 Å². The molecule has 1 aliphatic rings. The number of methoxy groups -OCH3 is 1. The highest BCUT2D eigenvalue weighted by Gasteiger charge is 2.28. The van der Waals surface area contributed by atoms with Gasteiger partial charge in [0.15, 0.2) is 5.13 Å². The Morgan fingerprint density at radius 3 is 2.53 bits per heavy atom. The molecule has 1 aromatic carbocycles. The van der Waals surface area contributed by atoms with Crippen molar-refractivity contribution < 1.29 is 14.3 Å². The third-order valence-electron chi connectivity index (χ3n) is 5.18. The molecule has 1 aromatic heterocycles. The van der Waals surface area contributed by atoms with E-state index in [4.69, 9.17) is 4.74 Å². The maximum Gasteiger partial charge on any atom is 0.253 e. The van der Waals surface area contributed by atoms with Crippen molar-refractivity contribution >= 4 is 28.3 Å². The lowest BCUT2D eigenvalue weighted by molar-refractivity contribution is -0.126. The summed E-state index contributed by atoms with van der Waals surface area (Å²) >= 11 is 1.55. The Labute approximate surface area is 182 Å². The van der Waals surface area contributed by atoms with Crippen LogP contribution >= 0.6 is 11.3 Å². The first-order valence-electron chi connectivity index (χ1n) is 10.2. The van der Waals surface area contributed by atoms with Crippen molar-refractivity contribution in [3.05, 3.63) is 29.1 Å². The Morgan fingerprint density at radius 2 is 1.97 bits per heavy atom. The summed E-state index contributed by atoms with van der Waals surface area (Å²) < 4.78 is 5.50.